The van der Waals surface area contributed by atoms with E-state index in [1.807, 2.05) is 84.9 Å². The largest absolute Gasteiger partial charge is 0.492 e. The number of para-hydroxylation sites is 1. The van der Waals surface area contributed by atoms with Gasteiger partial charge in [0.1, 0.15) is 23.9 Å². The van der Waals surface area contributed by atoms with Gasteiger partial charge in [0.15, 0.2) is 6.10 Å². The summed E-state index contributed by atoms with van der Waals surface area (Å²) in [5.74, 6) is 1.04. The molecule has 0 heterocycles. The second-order valence-electron chi connectivity index (χ2n) is 10.2. The number of carboxylic acids is 1. The number of hydrogen-bond acceptors (Lipinski definition) is 6. The molecule has 0 radical (unpaired) electrons. The monoisotopic (exact) mass is 612 g/mol. The van der Waals surface area contributed by atoms with E-state index >= 15 is 0 Å². The third kappa shape index (κ3) is 11.6. The van der Waals surface area contributed by atoms with Crippen molar-refractivity contribution in [2.75, 3.05) is 38.2 Å². The predicted molar refractivity (Wildman–Crippen MR) is 173 cm³/mol. The maximum Gasteiger partial charge on any atom is 0.333 e. The molecule has 1 unspecified atom stereocenters. The highest BCUT2D eigenvalue weighted by atomic mass is 16.5. The number of anilines is 1. The van der Waals surface area contributed by atoms with Crippen LogP contribution in [-0.2, 0) is 27.3 Å². The molecule has 0 saturated heterocycles. The Kier molecular flexibility index (Phi) is 13.3. The molecule has 236 valence electrons. The third-order valence-electron chi connectivity index (χ3n) is 6.82. The van der Waals surface area contributed by atoms with Crippen LogP contribution in [0, 0.1) is 0 Å². The standard InChI is InChI=1S/C36H40N2O7/c1-2-43-34(35(39)40)26-28-14-18-31(19-15-28)44-25-23-38(22-9-24-42-27-29-10-5-3-6-11-29)36(41)37-30-16-20-33(21-17-30)45-32-12-7-4-8-13-32/h3-8,10-21,34H,2,9,22-27H2,1H3,(H,37,41)(H,39,40). The van der Waals surface area contributed by atoms with Gasteiger partial charge in [0.05, 0.1) is 13.2 Å². The topological polar surface area (TPSA) is 107 Å². The van der Waals surface area contributed by atoms with E-state index in [2.05, 4.69) is 5.32 Å². The molecule has 0 spiro atoms. The first-order chi connectivity index (χ1) is 22.0. The number of carbonyl (C=O) groups excluding carboxylic acids is 1. The first kappa shape index (κ1) is 33.0. The zero-order valence-corrected chi connectivity index (χ0v) is 25.5. The predicted octanol–water partition coefficient (Wildman–Crippen LogP) is 7.03. The van der Waals surface area contributed by atoms with Crippen molar-refractivity contribution in [1.82, 2.24) is 4.90 Å². The van der Waals surface area contributed by atoms with Crippen LogP contribution in [0.15, 0.2) is 109 Å². The fourth-order valence-corrected chi connectivity index (χ4v) is 4.50. The lowest BCUT2D eigenvalue weighted by Gasteiger charge is -2.23. The number of nitrogens with zero attached hydrogens (tertiary/aromatic N) is 1. The molecule has 45 heavy (non-hydrogen) atoms. The molecular formula is C36H40N2O7. The van der Waals surface area contributed by atoms with E-state index in [0.717, 1.165) is 16.9 Å². The van der Waals surface area contributed by atoms with E-state index < -0.39 is 12.1 Å². The molecule has 4 aromatic rings. The highest BCUT2D eigenvalue weighted by Gasteiger charge is 2.18. The molecule has 0 fully saturated rings. The molecule has 0 aliphatic carbocycles. The Balaban J connectivity index is 1.30. The SMILES string of the molecule is CCOC(Cc1ccc(OCCN(CCCOCc2ccccc2)C(=O)Nc2ccc(Oc3ccccc3)cc2)cc1)C(=O)O. The summed E-state index contributed by atoms with van der Waals surface area (Å²) >= 11 is 0. The Hall–Kier alpha value is -4.86. The number of amides is 2. The van der Waals surface area contributed by atoms with Crippen LogP contribution in [0.1, 0.15) is 24.5 Å². The normalized spacial score (nSPS) is 11.4. The van der Waals surface area contributed by atoms with Crippen molar-refractivity contribution in [3.63, 3.8) is 0 Å². The van der Waals surface area contributed by atoms with E-state index in [4.69, 9.17) is 18.9 Å². The van der Waals surface area contributed by atoms with Crippen molar-refractivity contribution in [2.24, 2.45) is 0 Å². The molecule has 2 N–H and O–H groups in total. The number of nitrogens with one attached hydrogen (secondary N) is 1. The van der Waals surface area contributed by atoms with Gasteiger partial charge in [-0.25, -0.2) is 9.59 Å². The van der Waals surface area contributed by atoms with Crippen molar-refractivity contribution in [2.45, 2.75) is 32.5 Å². The van der Waals surface area contributed by atoms with E-state index in [9.17, 15) is 14.7 Å². The maximum absolute atomic E-state index is 13.3. The van der Waals surface area contributed by atoms with Crippen LogP contribution in [0.2, 0.25) is 0 Å². The zero-order valence-electron chi connectivity index (χ0n) is 25.5. The van der Waals surface area contributed by atoms with Gasteiger partial charge in [0.2, 0.25) is 0 Å². The minimum absolute atomic E-state index is 0.246. The molecule has 9 heteroatoms. The molecule has 4 aromatic carbocycles. The summed E-state index contributed by atoms with van der Waals surface area (Å²) in [6, 6.07) is 33.7. The highest BCUT2D eigenvalue weighted by Crippen LogP contribution is 2.23. The summed E-state index contributed by atoms with van der Waals surface area (Å²) in [6.07, 6.45) is 0.0325. The summed E-state index contributed by atoms with van der Waals surface area (Å²) in [4.78, 5) is 26.4. The summed E-state index contributed by atoms with van der Waals surface area (Å²) in [5, 5.41) is 12.3. The fourth-order valence-electron chi connectivity index (χ4n) is 4.50. The van der Waals surface area contributed by atoms with Gasteiger partial charge in [-0.15, -0.1) is 0 Å². The number of benzene rings is 4. The highest BCUT2D eigenvalue weighted by molar-refractivity contribution is 5.89. The van der Waals surface area contributed by atoms with Crippen LogP contribution < -0.4 is 14.8 Å². The van der Waals surface area contributed by atoms with Gasteiger partial charge >= 0.3 is 12.0 Å². The summed E-state index contributed by atoms with van der Waals surface area (Å²) in [7, 11) is 0. The Bertz CT molecular complexity index is 1430. The Morgan fingerprint density at radius 1 is 0.756 bits per heavy atom. The zero-order chi connectivity index (χ0) is 31.7. The lowest BCUT2D eigenvalue weighted by molar-refractivity contribution is -0.149. The van der Waals surface area contributed by atoms with Gasteiger partial charge in [-0.1, -0.05) is 60.7 Å². The number of aliphatic carboxylic acids is 1. The Labute approximate surface area is 264 Å². The lowest BCUT2D eigenvalue weighted by atomic mass is 10.1. The first-order valence-electron chi connectivity index (χ1n) is 15.1. The van der Waals surface area contributed by atoms with Gasteiger partial charge in [0.25, 0.3) is 0 Å². The number of hydrogen-bond donors (Lipinski definition) is 2. The quantitative estimate of drug-likeness (QED) is 0.116. The average molecular weight is 613 g/mol. The molecule has 0 aliphatic rings. The van der Waals surface area contributed by atoms with Crippen LogP contribution >= 0.6 is 0 Å². The second-order valence-corrected chi connectivity index (χ2v) is 10.2. The van der Waals surface area contributed by atoms with Gasteiger partial charge in [0, 0.05) is 31.9 Å². The van der Waals surface area contributed by atoms with Crippen molar-refractivity contribution in [3.05, 3.63) is 120 Å². The first-order valence-corrected chi connectivity index (χ1v) is 15.1. The van der Waals surface area contributed by atoms with Crippen LogP contribution in [0.25, 0.3) is 0 Å². The smallest absolute Gasteiger partial charge is 0.333 e. The summed E-state index contributed by atoms with van der Waals surface area (Å²) in [6.45, 7) is 4.23. The van der Waals surface area contributed by atoms with Crippen LogP contribution in [-0.4, -0.2) is 61.0 Å². The van der Waals surface area contributed by atoms with Crippen LogP contribution in [0.3, 0.4) is 0 Å². The Morgan fingerprint density at radius 2 is 1.40 bits per heavy atom. The fraction of sp³-hybridized carbons (Fsp3) is 0.278. The van der Waals surface area contributed by atoms with E-state index in [1.165, 1.54) is 0 Å². The molecule has 1 atom stereocenters. The van der Waals surface area contributed by atoms with Gasteiger partial charge in [-0.2, -0.15) is 0 Å². The Morgan fingerprint density at radius 3 is 2.07 bits per heavy atom. The van der Waals surface area contributed by atoms with Crippen molar-refractivity contribution in [1.29, 1.82) is 0 Å². The maximum atomic E-state index is 13.3. The molecule has 0 aliphatic heterocycles. The second kappa shape index (κ2) is 18.1. The number of urea groups is 1. The molecule has 4 rings (SSSR count). The number of carbonyl (C=O) groups is 2. The molecule has 9 nitrogen and oxygen atoms in total. The van der Waals surface area contributed by atoms with Gasteiger partial charge in [-0.3, -0.25) is 0 Å². The van der Waals surface area contributed by atoms with E-state index in [0.29, 0.717) is 56.5 Å². The minimum atomic E-state index is -0.988. The third-order valence-corrected chi connectivity index (χ3v) is 6.82. The molecule has 0 aromatic heterocycles. The van der Waals surface area contributed by atoms with Crippen molar-refractivity contribution >= 4 is 17.7 Å². The van der Waals surface area contributed by atoms with E-state index in [-0.39, 0.29) is 19.1 Å². The number of rotatable bonds is 18. The van der Waals surface area contributed by atoms with Crippen LogP contribution in [0.4, 0.5) is 10.5 Å². The molecular weight excluding hydrogens is 572 g/mol. The summed E-state index contributed by atoms with van der Waals surface area (Å²) < 4.78 is 22.9. The average Bonchev–Trinajstić information content (AvgIpc) is 3.06. The van der Waals surface area contributed by atoms with Gasteiger partial charge in [-0.05, 0) is 73.0 Å². The lowest BCUT2D eigenvalue weighted by Crippen LogP contribution is -2.39. The van der Waals surface area contributed by atoms with Crippen LogP contribution in [0.5, 0.6) is 17.2 Å². The van der Waals surface area contributed by atoms with Crippen molar-refractivity contribution in [3.8, 4) is 17.2 Å². The van der Waals surface area contributed by atoms with E-state index in [1.54, 1.807) is 36.1 Å². The molecule has 2 amide bonds. The molecule has 0 bridgehead atoms. The van der Waals surface area contributed by atoms with Gasteiger partial charge < -0.3 is 34.3 Å². The summed E-state index contributed by atoms with van der Waals surface area (Å²) in [5.41, 5.74) is 2.58. The number of ether oxygens (including phenoxy) is 4. The minimum Gasteiger partial charge on any atom is -0.492 e. The number of carboxylic acid groups (broad SMARTS) is 1. The van der Waals surface area contributed by atoms with Crippen molar-refractivity contribution < 1.29 is 33.6 Å². The molecule has 0 saturated carbocycles.